The largest absolute Gasteiger partial charge is 0.326 e. The third kappa shape index (κ3) is 3.38. The number of likely N-dealkylation sites (N-methyl/N-ethyl adjacent to an activating group) is 1. The van der Waals surface area contributed by atoms with Gasteiger partial charge in [0.25, 0.3) is 0 Å². The molecule has 2 atom stereocenters. The molecular formula is C13H19ClN2S. The van der Waals surface area contributed by atoms with Crippen LogP contribution in [0.4, 0.5) is 0 Å². The van der Waals surface area contributed by atoms with Gasteiger partial charge in [-0.25, -0.2) is 0 Å². The topological polar surface area (TPSA) is 29.3 Å². The number of thioether (sulfide) groups is 1. The van der Waals surface area contributed by atoms with Gasteiger partial charge in [0.05, 0.1) is 0 Å². The molecule has 4 heteroatoms. The molecule has 1 aliphatic heterocycles. The zero-order chi connectivity index (χ0) is 12.3. The number of nitrogens with zero attached hydrogens (tertiary/aromatic N) is 1. The Morgan fingerprint density at radius 1 is 1.53 bits per heavy atom. The summed E-state index contributed by atoms with van der Waals surface area (Å²) >= 11 is 8.16. The molecule has 1 aromatic rings. The molecule has 0 spiro atoms. The Labute approximate surface area is 113 Å². The second-order valence-electron chi connectivity index (χ2n) is 4.58. The van der Waals surface area contributed by atoms with Crippen molar-refractivity contribution in [2.45, 2.75) is 18.5 Å². The molecule has 2 unspecified atom stereocenters. The van der Waals surface area contributed by atoms with Gasteiger partial charge in [-0.15, -0.1) is 0 Å². The van der Waals surface area contributed by atoms with Crippen LogP contribution in [0, 0.1) is 0 Å². The van der Waals surface area contributed by atoms with Gasteiger partial charge < -0.3 is 10.6 Å². The minimum absolute atomic E-state index is 0.160. The summed E-state index contributed by atoms with van der Waals surface area (Å²) in [6, 6.07) is 8.60. The van der Waals surface area contributed by atoms with E-state index in [1.807, 2.05) is 30.0 Å². The molecule has 0 bridgehead atoms. The van der Waals surface area contributed by atoms with Crippen molar-refractivity contribution in [3.8, 4) is 0 Å². The molecule has 0 aromatic heterocycles. The van der Waals surface area contributed by atoms with E-state index in [4.69, 9.17) is 17.3 Å². The minimum Gasteiger partial charge on any atom is -0.326 e. The summed E-state index contributed by atoms with van der Waals surface area (Å²) in [5, 5.41) is 0.828. The number of benzene rings is 1. The zero-order valence-electron chi connectivity index (χ0n) is 10.1. The third-order valence-electron chi connectivity index (χ3n) is 3.35. The molecule has 1 saturated heterocycles. The quantitative estimate of drug-likeness (QED) is 0.914. The third-order valence-corrected chi connectivity index (χ3v) is 4.77. The zero-order valence-corrected chi connectivity index (χ0v) is 11.7. The van der Waals surface area contributed by atoms with Crippen LogP contribution in [-0.4, -0.2) is 42.1 Å². The summed E-state index contributed by atoms with van der Waals surface area (Å²) in [6.07, 6.45) is 0.856. The fraction of sp³-hybridized carbons (Fsp3) is 0.538. The highest BCUT2D eigenvalue weighted by Gasteiger charge is 2.25. The average Bonchev–Trinajstić information content (AvgIpc) is 2.32. The number of nitrogens with two attached hydrogens (primary N) is 1. The maximum Gasteiger partial charge on any atom is 0.0438 e. The van der Waals surface area contributed by atoms with Gasteiger partial charge in [-0.3, -0.25) is 0 Å². The standard InChI is InChI=1S/C13H19ClN2S/c1-16-6-7-17-9-13(16)12(15)8-10-4-2-3-5-11(10)14/h2-5,12-13H,6-9,15H2,1H3. The van der Waals surface area contributed by atoms with Crippen LogP contribution >= 0.6 is 23.4 Å². The molecule has 0 radical (unpaired) electrons. The van der Waals surface area contributed by atoms with Crippen molar-refractivity contribution < 1.29 is 0 Å². The molecule has 1 aliphatic rings. The lowest BCUT2D eigenvalue weighted by Gasteiger charge is -2.36. The number of halogens is 1. The molecule has 1 fully saturated rings. The number of hydrogen-bond donors (Lipinski definition) is 1. The molecule has 1 heterocycles. The second-order valence-corrected chi connectivity index (χ2v) is 6.14. The van der Waals surface area contributed by atoms with Crippen LogP contribution in [0.15, 0.2) is 24.3 Å². The van der Waals surface area contributed by atoms with E-state index in [0.717, 1.165) is 29.3 Å². The van der Waals surface area contributed by atoms with E-state index in [1.165, 1.54) is 5.75 Å². The Balaban J connectivity index is 2.01. The first-order valence-electron chi connectivity index (χ1n) is 5.95. The van der Waals surface area contributed by atoms with Crippen LogP contribution in [0.1, 0.15) is 5.56 Å². The van der Waals surface area contributed by atoms with E-state index in [9.17, 15) is 0 Å². The fourth-order valence-corrected chi connectivity index (χ4v) is 3.75. The van der Waals surface area contributed by atoms with Crippen molar-refractivity contribution in [3.05, 3.63) is 34.9 Å². The van der Waals surface area contributed by atoms with Crippen LogP contribution in [-0.2, 0) is 6.42 Å². The first kappa shape index (κ1) is 13.2. The van der Waals surface area contributed by atoms with E-state index in [-0.39, 0.29) is 6.04 Å². The number of rotatable bonds is 3. The summed E-state index contributed by atoms with van der Waals surface area (Å²) in [5.74, 6) is 2.34. The summed E-state index contributed by atoms with van der Waals surface area (Å²) in [4.78, 5) is 2.37. The van der Waals surface area contributed by atoms with Crippen molar-refractivity contribution >= 4 is 23.4 Å². The van der Waals surface area contributed by atoms with Crippen LogP contribution in [0.2, 0.25) is 5.02 Å². The molecule has 1 aromatic carbocycles. The lowest BCUT2D eigenvalue weighted by molar-refractivity contribution is 0.235. The van der Waals surface area contributed by atoms with Crippen LogP contribution < -0.4 is 5.73 Å². The minimum atomic E-state index is 0.160. The molecule has 2 N–H and O–H groups in total. The van der Waals surface area contributed by atoms with E-state index >= 15 is 0 Å². The smallest absolute Gasteiger partial charge is 0.0438 e. The van der Waals surface area contributed by atoms with E-state index in [1.54, 1.807) is 0 Å². The second kappa shape index (κ2) is 6.10. The van der Waals surface area contributed by atoms with E-state index in [0.29, 0.717) is 6.04 Å². The number of hydrogen-bond acceptors (Lipinski definition) is 3. The average molecular weight is 271 g/mol. The highest BCUT2D eigenvalue weighted by atomic mass is 35.5. The predicted molar refractivity (Wildman–Crippen MR) is 76.9 cm³/mol. The first-order valence-corrected chi connectivity index (χ1v) is 7.48. The fourth-order valence-electron chi connectivity index (χ4n) is 2.21. The Kier molecular flexibility index (Phi) is 4.74. The molecular weight excluding hydrogens is 252 g/mol. The molecule has 17 heavy (non-hydrogen) atoms. The molecule has 0 aliphatic carbocycles. The van der Waals surface area contributed by atoms with E-state index in [2.05, 4.69) is 18.0 Å². The van der Waals surface area contributed by atoms with E-state index < -0.39 is 0 Å². The van der Waals surface area contributed by atoms with Crippen molar-refractivity contribution in [2.75, 3.05) is 25.1 Å². The Bertz CT molecular complexity index is 372. The molecule has 2 rings (SSSR count). The monoisotopic (exact) mass is 270 g/mol. The lowest BCUT2D eigenvalue weighted by Crippen LogP contribution is -2.51. The Morgan fingerprint density at radius 2 is 2.29 bits per heavy atom. The van der Waals surface area contributed by atoms with Gasteiger partial charge in [0.15, 0.2) is 0 Å². The lowest BCUT2D eigenvalue weighted by atomic mass is 10.00. The van der Waals surface area contributed by atoms with Gasteiger partial charge in [0, 0.05) is 35.2 Å². The van der Waals surface area contributed by atoms with Crippen molar-refractivity contribution in [1.82, 2.24) is 4.90 Å². The van der Waals surface area contributed by atoms with Gasteiger partial charge in [-0.05, 0) is 25.1 Å². The predicted octanol–water partition coefficient (Wildman–Crippen LogP) is 2.26. The van der Waals surface area contributed by atoms with Gasteiger partial charge in [-0.2, -0.15) is 11.8 Å². The summed E-state index contributed by atoms with van der Waals surface area (Å²) < 4.78 is 0. The molecule has 0 saturated carbocycles. The van der Waals surface area contributed by atoms with Gasteiger partial charge in [0.2, 0.25) is 0 Å². The van der Waals surface area contributed by atoms with Gasteiger partial charge in [0.1, 0.15) is 0 Å². The molecule has 94 valence electrons. The SMILES string of the molecule is CN1CCSCC1C(N)Cc1ccccc1Cl. The van der Waals surface area contributed by atoms with Crippen molar-refractivity contribution in [3.63, 3.8) is 0 Å². The molecule has 0 amide bonds. The first-order chi connectivity index (χ1) is 8.18. The summed E-state index contributed by atoms with van der Waals surface area (Å²) in [7, 11) is 2.16. The van der Waals surface area contributed by atoms with Gasteiger partial charge in [-0.1, -0.05) is 29.8 Å². The van der Waals surface area contributed by atoms with Crippen LogP contribution in [0.5, 0.6) is 0 Å². The highest BCUT2D eigenvalue weighted by molar-refractivity contribution is 7.99. The maximum absolute atomic E-state index is 6.33. The highest BCUT2D eigenvalue weighted by Crippen LogP contribution is 2.21. The Hall–Kier alpha value is -0.220. The van der Waals surface area contributed by atoms with Crippen LogP contribution in [0.3, 0.4) is 0 Å². The van der Waals surface area contributed by atoms with Crippen molar-refractivity contribution in [2.24, 2.45) is 5.73 Å². The van der Waals surface area contributed by atoms with Gasteiger partial charge >= 0.3 is 0 Å². The summed E-state index contributed by atoms with van der Waals surface area (Å²) in [5.41, 5.74) is 7.48. The van der Waals surface area contributed by atoms with Crippen LogP contribution in [0.25, 0.3) is 0 Å². The normalized spacial score (nSPS) is 23.6. The molecule has 2 nitrogen and oxygen atoms in total. The summed E-state index contributed by atoms with van der Waals surface area (Å²) in [6.45, 7) is 1.13. The van der Waals surface area contributed by atoms with Crippen molar-refractivity contribution in [1.29, 1.82) is 0 Å². The Morgan fingerprint density at radius 3 is 3.00 bits per heavy atom. The maximum atomic E-state index is 6.33.